The molecule has 11 heteroatoms. The molecule has 2 amide bonds. The van der Waals surface area contributed by atoms with Crippen molar-refractivity contribution >= 4 is 52.0 Å². The summed E-state index contributed by atoms with van der Waals surface area (Å²) in [6, 6.07) is 10.4. The van der Waals surface area contributed by atoms with Crippen molar-refractivity contribution in [1.29, 1.82) is 0 Å². The molecule has 0 radical (unpaired) electrons. The maximum atomic E-state index is 13.6. The maximum Gasteiger partial charge on any atom is 0.342 e. The van der Waals surface area contributed by atoms with Crippen LogP contribution in [0, 0.1) is 11.8 Å². The number of alkyl halides is 2. The predicted octanol–water partition coefficient (Wildman–Crippen LogP) is 4.93. The second-order valence-corrected chi connectivity index (χ2v) is 11.1. The van der Waals surface area contributed by atoms with E-state index in [0.717, 1.165) is 17.7 Å². The lowest BCUT2D eigenvalue weighted by Crippen LogP contribution is -2.48. The van der Waals surface area contributed by atoms with Crippen LogP contribution in [-0.2, 0) is 33.6 Å². The monoisotopic (exact) mass is 658 g/mol. The first-order valence-electron chi connectivity index (χ1n) is 15.0. The summed E-state index contributed by atoms with van der Waals surface area (Å²) < 4.78 is 17.2. The predicted molar refractivity (Wildman–Crippen MR) is 175 cm³/mol. The van der Waals surface area contributed by atoms with E-state index in [9.17, 15) is 14.4 Å². The zero-order chi connectivity index (χ0) is 32.6. The number of aliphatic hydroxyl groups is 1. The van der Waals surface area contributed by atoms with E-state index in [0.29, 0.717) is 77.3 Å². The molecule has 0 bridgehead atoms. The minimum Gasteiger partial charge on any atom is -0.497 e. The SMILES string of the molecule is COc1ccc(CCCOC(=O)c2c(CCCCl)oc3c(C#CCCCCl)cc(C[C@H](NC(C)=O)C(=O)NCCO)cc23)cc1. The van der Waals surface area contributed by atoms with Gasteiger partial charge in [0.25, 0.3) is 0 Å². The number of hydrogen-bond donors (Lipinski definition) is 3. The van der Waals surface area contributed by atoms with Gasteiger partial charge in [0.1, 0.15) is 23.1 Å². The molecule has 3 rings (SSSR count). The van der Waals surface area contributed by atoms with Crippen molar-refractivity contribution in [2.24, 2.45) is 0 Å². The number of rotatable bonds is 17. The Morgan fingerprint density at radius 3 is 2.44 bits per heavy atom. The molecule has 2 aromatic carbocycles. The van der Waals surface area contributed by atoms with E-state index >= 15 is 0 Å². The molecule has 1 aromatic heterocycles. The van der Waals surface area contributed by atoms with E-state index < -0.39 is 17.9 Å². The molecule has 1 atom stereocenters. The van der Waals surface area contributed by atoms with Gasteiger partial charge in [-0.2, -0.15) is 0 Å². The highest BCUT2D eigenvalue weighted by atomic mass is 35.5. The van der Waals surface area contributed by atoms with E-state index in [1.54, 1.807) is 19.2 Å². The fourth-order valence-corrected chi connectivity index (χ4v) is 5.02. The van der Waals surface area contributed by atoms with Gasteiger partial charge in [-0.3, -0.25) is 9.59 Å². The number of aryl methyl sites for hydroxylation is 2. The number of esters is 1. The molecule has 0 unspecified atom stereocenters. The van der Waals surface area contributed by atoms with Gasteiger partial charge in [-0.05, 0) is 61.1 Å². The number of ether oxygens (including phenoxy) is 2. The number of unbranched alkanes of at least 4 members (excludes halogenated alkanes) is 1. The quantitative estimate of drug-likeness (QED) is 0.0812. The smallest absolute Gasteiger partial charge is 0.342 e. The molecular weight excluding hydrogens is 619 g/mol. The molecule has 3 N–H and O–H groups in total. The first-order valence-corrected chi connectivity index (χ1v) is 16.0. The Kier molecular flexibility index (Phi) is 15.1. The van der Waals surface area contributed by atoms with Gasteiger partial charge < -0.3 is 29.6 Å². The third-order valence-electron chi connectivity index (χ3n) is 6.87. The second-order valence-electron chi connectivity index (χ2n) is 10.4. The highest BCUT2D eigenvalue weighted by Crippen LogP contribution is 2.32. The number of methoxy groups -OCH3 is 1. The molecular formula is C34H40Cl2N2O7. The third-order valence-corrected chi connectivity index (χ3v) is 7.40. The molecule has 0 saturated carbocycles. The Balaban J connectivity index is 1.97. The summed E-state index contributed by atoms with van der Waals surface area (Å²) in [5.41, 5.74) is 3.03. The first-order chi connectivity index (χ1) is 21.8. The van der Waals surface area contributed by atoms with E-state index in [-0.39, 0.29) is 32.1 Å². The summed E-state index contributed by atoms with van der Waals surface area (Å²) in [6.45, 7) is 1.34. The van der Waals surface area contributed by atoms with Crippen LogP contribution in [0.2, 0.25) is 0 Å². The minimum atomic E-state index is -0.917. The zero-order valence-corrected chi connectivity index (χ0v) is 27.2. The first kappa shape index (κ1) is 35.8. The molecule has 9 nitrogen and oxygen atoms in total. The molecule has 242 valence electrons. The standard InChI is InChI=1S/C34H40Cl2N2O7/c1-23(40)38-29(33(41)37-17-18-39)22-25-20-26(9-4-3-5-15-35)32-28(21-25)31(30(45-32)10-6-16-36)34(42)44-19-7-8-24-11-13-27(43-2)14-12-24/h11-14,20-21,29,39H,3,5-8,10,15-19,22H2,1-2H3,(H,37,41)(H,38,40)/t29-/m0/s1. The van der Waals surface area contributed by atoms with Crippen LogP contribution in [-0.4, -0.2) is 67.6 Å². The highest BCUT2D eigenvalue weighted by molar-refractivity contribution is 6.18. The number of carbonyl (C=O) groups excluding carboxylic acids is 3. The number of aliphatic hydroxyl groups excluding tert-OH is 1. The number of nitrogens with one attached hydrogen (secondary N) is 2. The third kappa shape index (κ3) is 11.0. The summed E-state index contributed by atoms with van der Waals surface area (Å²) in [7, 11) is 1.62. The molecule has 3 aromatic rings. The van der Waals surface area contributed by atoms with Gasteiger partial charge >= 0.3 is 5.97 Å². The van der Waals surface area contributed by atoms with Gasteiger partial charge in [0.15, 0.2) is 5.58 Å². The lowest BCUT2D eigenvalue weighted by atomic mass is 9.98. The van der Waals surface area contributed by atoms with Crippen LogP contribution in [0.5, 0.6) is 5.75 Å². The number of furan rings is 1. The van der Waals surface area contributed by atoms with Gasteiger partial charge in [-0.1, -0.05) is 24.0 Å². The number of hydrogen-bond acceptors (Lipinski definition) is 7. The molecule has 0 aliphatic heterocycles. The Morgan fingerprint density at radius 2 is 1.78 bits per heavy atom. The summed E-state index contributed by atoms with van der Waals surface area (Å²) in [5.74, 6) is 6.98. The molecule has 1 heterocycles. The molecule has 0 fully saturated rings. The number of amides is 2. The Morgan fingerprint density at radius 1 is 1.02 bits per heavy atom. The van der Waals surface area contributed by atoms with Gasteiger partial charge in [-0.25, -0.2) is 4.79 Å². The van der Waals surface area contributed by atoms with Crippen molar-refractivity contribution < 1.29 is 33.4 Å². The number of carbonyl (C=O) groups is 3. The van der Waals surface area contributed by atoms with E-state index in [4.69, 9.17) is 42.2 Å². The van der Waals surface area contributed by atoms with Crippen molar-refractivity contribution in [3.05, 3.63) is 64.4 Å². The summed E-state index contributed by atoms with van der Waals surface area (Å²) in [4.78, 5) is 38.3. The number of benzene rings is 2. The summed E-state index contributed by atoms with van der Waals surface area (Å²) in [6.07, 6.45) is 3.73. The lowest BCUT2D eigenvalue weighted by Gasteiger charge is -2.18. The molecule has 0 spiro atoms. The normalized spacial score (nSPS) is 11.4. The summed E-state index contributed by atoms with van der Waals surface area (Å²) in [5, 5.41) is 14.9. The lowest BCUT2D eigenvalue weighted by molar-refractivity contribution is -0.128. The van der Waals surface area contributed by atoms with Crippen LogP contribution in [0.15, 0.2) is 40.8 Å². The van der Waals surface area contributed by atoms with E-state index in [2.05, 4.69) is 22.5 Å². The average Bonchev–Trinajstić information content (AvgIpc) is 3.41. The number of halogens is 2. The van der Waals surface area contributed by atoms with Crippen LogP contribution in [0.4, 0.5) is 0 Å². The molecule has 45 heavy (non-hydrogen) atoms. The van der Waals surface area contributed by atoms with E-state index in [1.165, 1.54) is 6.92 Å². The van der Waals surface area contributed by atoms with Crippen LogP contribution >= 0.6 is 23.2 Å². The van der Waals surface area contributed by atoms with Crippen molar-refractivity contribution in [3.63, 3.8) is 0 Å². The van der Waals surface area contributed by atoms with Crippen LogP contribution in [0.25, 0.3) is 11.0 Å². The van der Waals surface area contributed by atoms with Crippen LogP contribution in [0.1, 0.15) is 65.4 Å². The average molecular weight is 660 g/mol. The van der Waals surface area contributed by atoms with Crippen molar-refractivity contribution in [2.75, 3.05) is 38.6 Å². The van der Waals surface area contributed by atoms with Crippen LogP contribution in [0.3, 0.4) is 0 Å². The molecule has 0 aliphatic rings. The maximum absolute atomic E-state index is 13.6. The Bertz CT molecular complexity index is 1490. The molecule has 0 aliphatic carbocycles. The minimum absolute atomic E-state index is 0.0470. The summed E-state index contributed by atoms with van der Waals surface area (Å²) >= 11 is 11.8. The van der Waals surface area contributed by atoms with Gasteiger partial charge in [0.05, 0.1) is 25.9 Å². The topological polar surface area (TPSA) is 127 Å². The van der Waals surface area contributed by atoms with Crippen molar-refractivity contribution in [2.45, 2.75) is 57.9 Å². The van der Waals surface area contributed by atoms with Crippen molar-refractivity contribution in [1.82, 2.24) is 10.6 Å². The Hall–Kier alpha value is -3.71. The fourth-order valence-electron chi connectivity index (χ4n) is 4.76. The second kappa shape index (κ2) is 18.9. The zero-order valence-electron chi connectivity index (χ0n) is 25.7. The van der Waals surface area contributed by atoms with Crippen molar-refractivity contribution in [3.8, 4) is 17.6 Å². The number of fused-ring (bicyclic) bond motifs is 1. The van der Waals surface area contributed by atoms with Crippen LogP contribution < -0.4 is 15.4 Å². The van der Waals surface area contributed by atoms with E-state index in [1.807, 2.05) is 24.3 Å². The van der Waals surface area contributed by atoms with Gasteiger partial charge in [0, 0.05) is 49.9 Å². The Labute approximate surface area is 273 Å². The van der Waals surface area contributed by atoms with Gasteiger partial charge in [0.2, 0.25) is 11.8 Å². The highest BCUT2D eigenvalue weighted by Gasteiger charge is 2.26. The largest absolute Gasteiger partial charge is 0.497 e. The molecule has 0 saturated heterocycles. The fraction of sp³-hybridized carbons (Fsp3) is 0.441. The van der Waals surface area contributed by atoms with Gasteiger partial charge in [-0.15, -0.1) is 23.2 Å².